The van der Waals surface area contributed by atoms with Crippen LogP contribution in [0.15, 0.2) is 41.8 Å². The van der Waals surface area contributed by atoms with Crippen LogP contribution in [0.5, 0.6) is 0 Å². The molecule has 0 saturated carbocycles. The quantitative estimate of drug-likeness (QED) is 0.739. The van der Waals surface area contributed by atoms with E-state index in [9.17, 15) is 26.4 Å². The van der Waals surface area contributed by atoms with Gasteiger partial charge >= 0.3 is 6.18 Å². The average Bonchev–Trinajstić information content (AvgIpc) is 2.44. The Bertz CT molecular complexity index is 668. The Hall–Kier alpha value is -1.87. The van der Waals surface area contributed by atoms with Gasteiger partial charge in [0.1, 0.15) is 6.54 Å². The molecule has 0 unspecified atom stereocenters. The van der Waals surface area contributed by atoms with Crippen molar-refractivity contribution in [3.63, 3.8) is 0 Å². The number of benzene rings is 1. The zero-order valence-electron chi connectivity index (χ0n) is 12.7. The van der Waals surface area contributed by atoms with E-state index in [2.05, 4.69) is 6.58 Å². The third-order valence-electron chi connectivity index (χ3n) is 2.89. The lowest BCUT2D eigenvalue weighted by Gasteiger charge is -2.22. The van der Waals surface area contributed by atoms with E-state index in [0.29, 0.717) is 4.90 Å². The molecule has 0 atom stereocenters. The maximum absolute atomic E-state index is 12.5. The van der Waals surface area contributed by atoms with Crippen LogP contribution in [0.1, 0.15) is 10.4 Å². The van der Waals surface area contributed by atoms with Crippen LogP contribution < -0.4 is 0 Å². The summed E-state index contributed by atoms with van der Waals surface area (Å²) in [5.74, 6) is -0.851. The molecular weight excluding hydrogens is 333 g/mol. The van der Waals surface area contributed by atoms with Crippen LogP contribution >= 0.6 is 0 Å². The smallest absolute Gasteiger partial charge is 0.326 e. The van der Waals surface area contributed by atoms with Gasteiger partial charge in [0, 0.05) is 26.2 Å². The van der Waals surface area contributed by atoms with Crippen LogP contribution in [0.25, 0.3) is 0 Å². The van der Waals surface area contributed by atoms with Crippen molar-refractivity contribution in [3.8, 4) is 0 Å². The first kappa shape index (κ1) is 19.2. The zero-order valence-corrected chi connectivity index (χ0v) is 13.5. The van der Waals surface area contributed by atoms with Gasteiger partial charge in [0.15, 0.2) is 0 Å². The van der Waals surface area contributed by atoms with Crippen molar-refractivity contribution in [3.05, 3.63) is 42.5 Å². The summed E-state index contributed by atoms with van der Waals surface area (Å²) < 4.78 is 62.3. The number of nitrogens with zero attached hydrogens (tertiary/aromatic N) is 2. The lowest BCUT2D eigenvalue weighted by molar-refractivity contribution is -0.139. The van der Waals surface area contributed by atoms with E-state index in [1.165, 1.54) is 44.4 Å². The number of amides is 1. The Morgan fingerprint density at radius 2 is 1.74 bits per heavy atom. The largest absolute Gasteiger partial charge is 0.406 e. The Kier molecular flexibility index (Phi) is 5.95. The summed E-state index contributed by atoms with van der Waals surface area (Å²) in [5.41, 5.74) is -0.0335. The van der Waals surface area contributed by atoms with Gasteiger partial charge in [-0.1, -0.05) is 6.08 Å². The molecule has 128 valence electrons. The predicted molar refractivity (Wildman–Crippen MR) is 79.5 cm³/mol. The monoisotopic (exact) mass is 350 g/mol. The minimum atomic E-state index is -4.53. The van der Waals surface area contributed by atoms with Crippen LogP contribution in [-0.4, -0.2) is 56.9 Å². The van der Waals surface area contributed by atoms with Crippen LogP contribution in [0.4, 0.5) is 13.2 Å². The molecule has 5 nitrogen and oxygen atoms in total. The normalized spacial score (nSPS) is 12.3. The standard InChI is InChI=1S/C14H17F3N2O3S/c1-4-9-19(10-14(15,16)17)13(20)11-5-7-12(8-6-11)23(21,22)18(2)3/h4-8H,1,9-10H2,2-3H3. The SMILES string of the molecule is C=CCN(CC(F)(F)F)C(=O)c1ccc(S(=O)(=O)N(C)C)cc1. The molecule has 9 heteroatoms. The molecule has 1 amide bonds. The maximum atomic E-state index is 12.5. The highest BCUT2D eigenvalue weighted by Crippen LogP contribution is 2.19. The number of carbonyl (C=O) groups is 1. The van der Waals surface area contributed by atoms with Gasteiger partial charge in [0.05, 0.1) is 4.90 Å². The van der Waals surface area contributed by atoms with E-state index in [0.717, 1.165) is 4.31 Å². The zero-order chi connectivity index (χ0) is 17.8. The van der Waals surface area contributed by atoms with Crippen molar-refractivity contribution in [2.45, 2.75) is 11.1 Å². The lowest BCUT2D eigenvalue weighted by Crippen LogP contribution is -2.39. The fourth-order valence-corrected chi connectivity index (χ4v) is 2.66. The molecule has 0 saturated heterocycles. The molecule has 0 bridgehead atoms. The highest BCUT2D eigenvalue weighted by Gasteiger charge is 2.33. The highest BCUT2D eigenvalue weighted by atomic mass is 32.2. The van der Waals surface area contributed by atoms with Crippen LogP contribution in [0.3, 0.4) is 0 Å². The van der Waals surface area contributed by atoms with E-state index in [4.69, 9.17) is 0 Å². The van der Waals surface area contributed by atoms with Crippen LogP contribution in [0, 0.1) is 0 Å². The number of alkyl halides is 3. The molecule has 1 aromatic carbocycles. The van der Waals surface area contributed by atoms with Crippen molar-refractivity contribution in [2.75, 3.05) is 27.2 Å². The molecule has 0 N–H and O–H groups in total. The molecule has 0 aliphatic rings. The summed E-state index contributed by atoms with van der Waals surface area (Å²) in [5, 5.41) is 0. The van der Waals surface area contributed by atoms with E-state index < -0.39 is 28.7 Å². The number of carbonyl (C=O) groups excluding carboxylic acids is 1. The molecule has 1 rings (SSSR count). The molecule has 0 aromatic heterocycles. The van der Waals surface area contributed by atoms with Gasteiger partial charge in [0.2, 0.25) is 10.0 Å². The van der Waals surface area contributed by atoms with Gasteiger partial charge in [-0.15, -0.1) is 6.58 Å². The molecule has 0 spiro atoms. The molecular formula is C14H17F3N2O3S. The Morgan fingerprint density at radius 3 is 2.13 bits per heavy atom. The first-order valence-corrected chi connectivity index (χ1v) is 7.92. The lowest BCUT2D eigenvalue weighted by atomic mass is 10.2. The first-order valence-electron chi connectivity index (χ1n) is 6.48. The van der Waals surface area contributed by atoms with Gasteiger partial charge in [-0.05, 0) is 24.3 Å². The third-order valence-corrected chi connectivity index (χ3v) is 4.72. The van der Waals surface area contributed by atoms with Crippen molar-refractivity contribution in [2.24, 2.45) is 0 Å². The van der Waals surface area contributed by atoms with E-state index in [1.807, 2.05) is 0 Å². The topological polar surface area (TPSA) is 57.7 Å². The van der Waals surface area contributed by atoms with Crippen molar-refractivity contribution < 1.29 is 26.4 Å². The Morgan fingerprint density at radius 1 is 1.22 bits per heavy atom. The number of hydrogen-bond acceptors (Lipinski definition) is 3. The van der Waals surface area contributed by atoms with E-state index in [1.54, 1.807) is 0 Å². The predicted octanol–water partition coefficient (Wildman–Crippen LogP) is 2.13. The second kappa shape index (κ2) is 7.14. The second-order valence-corrected chi connectivity index (χ2v) is 7.05. The van der Waals surface area contributed by atoms with Gasteiger partial charge < -0.3 is 4.90 Å². The number of halogens is 3. The Balaban J connectivity index is 3.06. The van der Waals surface area contributed by atoms with Crippen molar-refractivity contribution >= 4 is 15.9 Å². The minimum absolute atomic E-state index is 0.0335. The number of rotatable bonds is 6. The van der Waals surface area contributed by atoms with Crippen LogP contribution in [0.2, 0.25) is 0 Å². The fraction of sp³-hybridized carbons (Fsp3) is 0.357. The van der Waals surface area contributed by atoms with E-state index in [-0.39, 0.29) is 17.0 Å². The summed E-state index contributed by atoms with van der Waals surface area (Å²) >= 11 is 0. The van der Waals surface area contributed by atoms with Crippen molar-refractivity contribution in [1.82, 2.24) is 9.21 Å². The Labute approximate surface area is 133 Å². The van der Waals surface area contributed by atoms with Gasteiger partial charge in [0.25, 0.3) is 5.91 Å². The number of sulfonamides is 1. The van der Waals surface area contributed by atoms with Crippen LogP contribution in [-0.2, 0) is 10.0 Å². The second-order valence-electron chi connectivity index (χ2n) is 4.90. The first-order chi connectivity index (χ1) is 10.5. The van der Waals surface area contributed by atoms with Crippen molar-refractivity contribution in [1.29, 1.82) is 0 Å². The minimum Gasteiger partial charge on any atom is -0.326 e. The van der Waals surface area contributed by atoms with Gasteiger partial charge in [-0.2, -0.15) is 13.2 Å². The molecule has 0 aliphatic carbocycles. The van der Waals surface area contributed by atoms with Gasteiger partial charge in [-0.25, -0.2) is 12.7 Å². The fourth-order valence-electron chi connectivity index (χ4n) is 1.75. The average molecular weight is 350 g/mol. The molecule has 1 aromatic rings. The molecule has 23 heavy (non-hydrogen) atoms. The van der Waals surface area contributed by atoms with E-state index >= 15 is 0 Å². The number of hydrogen-bond donors (Lipinski definition) is 0. The summed E-state index contributed by atoms with van der Waals surface area (Å²) in [6, 6.07) is 4.74. The van der Waals surface area contributed by atoms with Gasteiger partial charge in [-0.3, -0.25) is 4.79 Å². The maximum Gasteiger partial charge on any atom is 0.406 e. The summed E-state index contributed by atoms with van der Waals surface area (Å²) in [7, 11) is -0.965. The highest BCUT2D eigenvalue weighted by molar-refractivity contribution is 7.89. The summed E-state index contributed by atoms with van der Waals surface area (Å²) in [6.45, 7) is 1.65. The third kappa shape index (κ3) is 5.07. The summed E-state index contributed by atoms with van der Waals surface area (Å²) in [6.07, 6.45) is -3.35. The molecule has 0 radical (unpaired) electrons. The summed E-state index contributed by atoms with van der Waals surface area (Å²) in [4.78, 5) is 12.7. The molecule has 0 aliphatic heterocycles. The molecule has 0 heterocycles. The molecule has 0 fully saturated rings.